The van der Waals surface area contributed by atoms with Crippen LogP contribution in [0.1, 0.15) is 5.82 Å². The van der Waals surface area contributed by atoms with Crippen molar-refractivity contribution >= 4 is 0 Å². The van der Waals surface area contributed by atoms with Gasteiger partial charge in [-0.1, -0.05) is 0 Å². The molecule has 0 aliphatic carbocycles. The van der Waals surface area contributed by atoms with Crippen molar-refractivity contribution in [3.8, 4) is 0 Å². The van der Waals surface area contributed by atoms with E-state index >= 15 is 0 Å². The van der Waals surface area contributed by atoms with E-state index in [-0.39, 0.29) is 0 Å². The Labute approximate surface area is 51.6 Å². The summed E-state index contributed by atoms with van der Waals surface area (Å²) >= 11 is 0. The number of rotatable bonds is 2. The summed E-state index contributed by atoms with van der Waals surface area (Å²) in [5.41, 5.74) is 0. The van der Waals surface area contributed by atoms with Crippen molar-refractivity contribution in [2.75, 3.05) is 13.0 Å². The Morgan fingerprint density at radius 3 is 3.00 bits per heavy atom. The van der Waals surface area contributed by atoms with E-state index in [0.717, 1.165) is 4.79 Å². The molecule has 6 heteroatoms. The summed E-state index contributed by atoms with van der Waals surface area (Å²) in [4.78, 5) is 1.07. The Bertz CT molecular complexity index is 184. The fraction of sp³-hybridized carbons (Fsp3) is 0.667. The standard InChI is InChI=1S/C3H7N5O/c1-9-2-3-5-6-7-8(3)4/h2,4H2,1H3. The molecule has 1 heterocycles. The van der Waals surface area contributed by atoms with Crippen LogP contribution in [0.5, 0.6) is 0 Å². The lowest BCUT2D eigenvalue weighted by molar-refractivity contribution is 0.175. The molecule has 9 heavy (non-hydrogen) atoms. The van der Waals surface area contributed by atoms with Gasteiger partial charge in [0.25, 0.3) is 0 Å². The molecule has 0 amide bonds. The van der Waals surface area contributed by atoms with E-state index in [1.807, 2.05) is 0 Å². The summed E-state index contributed by atoms with van der Waals surface area (Å²) in [5.74, 6) is 5.74. The fourth-order valence-electron chi connectivity index (χ4n) is 0.436. The maximum Gasteiger partial charge on any atom is 0.199 e. The van der Waals surface area contributed by atoms with Gasteiger partial charge in [0.1, 0.15) is 6.61 Å². The highest BCUT2D eigenvalue weighted by atomic mass is 16.5. The summed E-state index contributed by atoms with van der Waals surface area (Å²) in [6.45, 7) is 0.337. The molecular formula is C3H7N5O. The highest BCUT2D eigenvalue weighted by molar-refractivity contribution is 4.75. The van der Waals surface area contributed by atoms with Gasteiger partial charge in [0.05, 0.1) is 0 Å². The number of hydrogen-bond acceptors (Lipinski definition) is 5. The summed E-state index contributed by atoms with van der Waals surface area (Å²) in [6, 6.07) is 0. The van der Waals surface area contributed by atoms with Gasteiger partial charge in [-0.2, -0.15) is 0 Å². The third-order valence-corrected chi connectivity index (χ3v) is 0.834. The van der Waals surface area contributed by atoms with Crippen molar-refractivity contribution in [2.45, 2.75) is 6.61 Å². The summed E-state index contributed by atoms with van der Waals surface area (Å²) in [7, 11) is 1.55. The summed E-state index contributed by atoms with van der Waals surface area (Å²) in [5, 5.41) is 10.2. The molecule has 0 aromatic carbocycles. The predicted molar refractivity (Wildman–Crippen MR) is 28.7 cm³/mol. The summed E-state index contributed by atoms with van der Waals surface area (Å²) in [6.07, 6.45) is 0. The van der Waals surface area contributed by atoms with Gasteiger partial charge < -0.3 is 10.6 Å². The number of methoxy groups -OCH3 is 1. The number of nitrogen functional groups attached to an aromatic ring is 1. The van der Waals surface area contributed by atoms with Crippen molar-refractivity contribution in [1.82, 2.24) is 20.3 Å². The maximum absolute atomic E-state index is 5.23. The fourth-order valence-corrected chi connectivity index (χ4v) is 0.436. The first kappa shape index (κ1) is 5.96. The molecule has 50 valence electrons. The molecule has 2 N–H and O–H groups in total. The molecule has 0 radical (unpaired) electrons. The lowest BCUT2D eigenvalue weighted by atomic mass is 10.7. The first-order chi connectivity index (χ1) is 4.34. The monoisotopic (exact) mass is 129 g/mol. The van der Waals surface area contributed by atoms with Crippen LogP contribution >= 0.6 is 0 Å². The van der Waals surface area contributed by atoms with E-state index in [0.29, 0.717) is 12.4 Å². The molecule has 0 unspecified atom stereocenters. The van der Waals surface area contributed by atoms with Gasteiger partial charge in [0, 0.05) is 7.11 Å². The molecule has 0 fully saturated rings. The largest absolute Gasteiger partial charge is 0.377 e. The second-order valence-corrected chi connectivity index (χ2v) is 1.47. The first-order valence-electron chi connectivity index (χ1n) is 2.36. The maximum atomic E-state index is 5.23. The van der Waals surface area contributed by atoms with Gasteiger partial charge >= 0.3 is 0 Å². The van der Waals surface area contributed by atoms with Crippen LogP contribution in [0.3, 0.4) is 0 Å². The van der Waals surface area contributed by atoms with Crippen LogP contribution in [-0.4, -0.2) is 27.4 Å². The first-order valence-corrected chi connectivity index (χ1v) is 2.36. The van der Waals surface area contributed by atoms with E-state index in [1.54, 1.807) is 7.11 Å². The van der Waals surface area contributed by atoms with Crippen molar-refractivity contribution in [3.05, 3.63) is 5.82 Å². The van der Waals surface area contributed by atoms with Crippen LogP contribution in [0.25, 0.3) is 0 Å². The van der Waals surface area contributed by atoms with Crippen molar-refractivity contribution in [1.29, 1.82) is 0 Å². The molecule has 1 rings (SSSR count). The molecular weight excluding hydrogens is 122 g/mol. The average molecular weight is 129 g/mol. The van der Waals surface area contributed by atoms with Crippen LogP contribution in [0.2, 0.25) is 0 Å². The van der Waals surface area contributed by atoms with Gasteiger partial charge in [0.15, 0.2) is 5.82 Å². The number of tetrazole rings is 1. The second kappa shape index (κ2) is 2.40. The molecule has 0 atom stereocenters. The predicted octanol–water partition coefficient (Wildman–Crippen LogP) is -1.47. The molecule has 0 aliphatic heterocycles. The number of nitrogens with zero attached hydrogens (tertiary/aromatic N) is 4. The van der Waals surface area contributed by atoms with E-state index in [1.165, 1.54) is 0 Å². The third kappa shape index (κ3) is 1.14. The van der Waals surface area contributed by atoms with E-state index in [9.17, 15) is 0 Å². The number of hydrogen-bond donors (Lipinski definition) is 1. The van der Waals surface area contributed by atoms with Gasteiger partial charge in [-0.3, -0.25) is 0 Å². The number of nitrogens with two attached hydrogens (primary N) is 1. The van der Waals surface area contributed by atoms with Gasteiger partial charge in [-0.05, 0) is 10.4 Å². The minimum absolute atomic E-state index is 0.337. The smallest absolute Gasteiger partial charge is 0.199 e. The van der Waals surface area contributed by atoms with Crippen molar-refractivity contribution in [2.24, 2.45) is 0 Å². The van der Waals surface area contributed by atoms with E-state index < -0.39 is 0 Å². The SMILES string of the molecule is COCc1nnnn1N. The molecule has 0 saturated heterocycles. The lowest BCUT2D eigenvalue weighted by Gasteiger charge is -1.92. The molecule has 0 spiro atoms. The van der Waals surface area contributed by atoms with Crippen molar-refractivity contribution < 1.29 is 4.74 Å². The van der Waals surface area contributed by atoms with Crippen LogP contribution in [0.4, 0.5) is 0 Å². The highest BCUT2D eigenvalue weighted by Crippen LogP contribution is 1.86. The minimum Gasteiger partial charge on any atom is -0.377 e. The van der Waals surface area contributed by atoms with E-state index in [2.05, 4.69) is 15.5 Å². The van der Waals surface area contributed by atoms with Crippen LogP contribution in [-0.2, 0) is 11.3 Å². The third-order valence-electron chi connectivity index (χ3n) is 0.834. The van der Waals surface area contributed by atoms with Crippen molar-refractivity contribution in [3.63, 3.8) is 0 Å². The number of ether oxygens (including phenoxy) is 1. The summed E-state index contributed by atoms with van der Waals surface area (Å²) < 4.78 is 4.72. The molecule has 1 aromatic heterocycles. The Hall–Kier alpha value is -1.17. The lowest BCUT2D eigenvalue weighted by Crippen LogP contribution is -2.14. The molecule has 1 aromatic rings. The Morgan fingerprint density at radius 1 is 1.78 bits per heavy atom. The van der Waals surface area contributed by atoms with Crippen LogP contribution < -0.4 is 5.84 Å². The van der Waals surface area contributed by atoms with E-state index in [4.69, 9.17) is 10.6 Å². The van der Waals surface area contributed by atoms with Gasteiger partial charge in [-0.15, -0.1) is 9.89 Å². The molecule has 6 nitrogen and oxygen atoms in total. The van der Waals surface area contributed by atoms with Gasteiger partial charge in [0.2, 0.25) is 0 Å². The zero-order chi connectivity index (χ0) is 6.69. The van der Waals surface area contributed by atoms with Gasteiger partial charge in [-0.25, -0.2) is 0 Å². The Kier molecular flexibility index (Phi) is 1.59. The zero-order valence-corrected chi connectivity index (χ0v) is 4.98. The molecule has 0 bridgehead atoms. The highest BCUT2D eigenvalue weighted by Gasteiger charge is 1.98. The quantitative estimate of drug-likeness (QED) is 0.493. The Morgan fingerprint density at radius 2 is 2.56 bits per heavy atom. The topological polar surface area (TPSA) is 78.9 Å². The van der Waals surface area contributed by atoms with Crippen LogP contribution in [0.15, 0.2) is 0 Å². The normalized spacial score (nSPS) is 9.89. The average Bonchev–Trinajstić information content (AvgIpc) is 2.18. The minimum atomic E-state index is 0.337. The number of aromatic nitrogens is 4. The molecule has 0 saturated carbocycles. The zero-order valence-electron chi connectivity index (χ0n) is 4.98. The Balaban J connectivity index is 2.69. The van der Waals surface area contributed by atoms with Crippen LogP contribution in [0, 0.1) is 0 Å². The second-order valence-electron chi connectivity index (χ2n) is 1.47. The molecule has 0 aliphatic rings.